The number of amides is 2. The summed E-state index contributed by atoms with van der Waals surface area (Å²) in [6.07, 6.45) is 2.16. The van der Waals surface area contributed by atoms with Gasteiger partial charge in [-0.05, 0) is 36.8 Å². The Kier molecular flexibility index (Phi) is 9.43. The van der Waals surface area contributed by atoms with Crippen molar-refractivity contribution in [3.05, 3.63) is 33.8 Å². The highest BCUT2D eigenvalue weighted by Gasteiger charge is 2.30. The minimum absolute atomic E-state index is 0.0258. The average molecular weight is 421 g/mol. The van der Waals surface area contributed by atoms with Crippen LogP contribution in [0.1, 0.15) is 37.0 Å². The van der Waals surface area contributed by atoms with Crippen LogP contribution in [0.3, 0.4) is 0 Å². The predicted molar refractivity (Wildman–Crippen MR) is 105 cm³/mol. The molecule has 0 aliphatic rings. The van der Waals surface area contributed by atoms with E-state index in [1.807, 2.05) is 20.1 Å². The van der Waals surface area contributed by atoms with E-state index in [-0.39, 0.29) is 34.4 Å². The van der Waals surface area contributed by atoms with Crippen LogP contribution in [0, 0.1) is 5.92 Å². The average Bonchev–Trinajstić information content (AvgIpc) is 2.57. The molecule has 0 fully saturated rings. The van der Waals surface area contributed by atoms with Crippen molar-refractivity contribution in [2.24, 2.45) is 5.92 Å². The van der Waals surface area contributed by atoms with Gasteiger partial charge in [-0.1, -0.05) is 37.0 Å². The van der Waals surface area contributed by atoms with E-state index in [0.29, 0.717) is 5.75 Å². The van der Waals surface area contributed by atoms with E-state index < -0.39 is 23.8 Å². The number of benzene rings is 1. The zero-order valence-corrected chi connectivity index (χ0v) is 17.1. The lowest BCUT2D eigenvalue weighted by Crippen LogP contribution is -2.54. The fourth-order valence-electron chi connectivity index (χ4n) is 2.16. The van der Waals surface area contributed by atoms with Crippen molar-refractivity contribution >= 4 is 52.7 Å². The van der Waals surface area contributed by atoms with Gasteiger partial charge in [-0.3, -0.25) is 14.4 Å². The number of imide groups is 1. The van der Waals surface area contributed by atoms with Gasteiger partial charge in [0.15, 0.2) is 0 Å². The van der Waals surface area contributed by atoms with E-state index in [1.165, 1.54) is 30.0 Å². The molecule has 0 saturated heterocycles. The van der Waals surface area contributed by atoms with E-state index in [1.54, 1.807) is 0 Å². The summed E-state index contributed by atoms with van der Waals surface area (Å²) in [6.45, 7) is 3.71. The van der Waals surface area contributed by atoms with Gasteiger partial charge in [0.2, 0.25) is 5.91 Å². The Morgan fingerprint density at radius 1 is 1.27 bits per heavy atom. The first-order chi connectivity index (χ1) is 12.2. The van der Waals surface area contributed by atoms with Crippen LogP contribution < -0.4 is 5.43 Å². The number of rotatable bonds is 9. The number of aliphatic carboxylic acids is 1. The first kappa shape index (κ1) is 22.8. The Morgan fingerprint density at radius 3 is 2.46 bits per heavy atom. The number of carbonyl (C=O) groups excluding carboxylic acids is 2. The van der Waals surface area contributed by atoms with E-state index >= 15 is 0 Å². The summed E-state index contributed by atoms with van der Waals surface area (Å²) in [7, 11) is 0. The van der Waals surface area contributed by atoms with Gasteiger partial charge in [0, 0.05) is 17.2 Å². The third-order valence-electron chi connectivity index (χ3n) is 3.42. The second-order valence-electron chi connectivity index (χ2n) is 6.05. The normalized spacial score (nSPS) is 12.1. The zero-order chi connectivity index (χ0) is 19.9. The number of hydrazine groups is 1. The lowest BCUT2D eigenvalue weighted by molar-refractivity contribution is -0.143. The number of halogens is 2. The number of hydrogen-bond acceptors (Lipinski definition) is 5. The molecular formula is C17H22Cl2N2O4S. The lowest BCUT2D eigenvalue weighted by atomic mass is 10.0. The number of carboxylic acid groups (broad SMARTS) is 1. The summed E-state index contributed by atoms with van der Waals surface area (Å²) in [5.41, 5.74) is 2.59. The summed E-state index contributed by atoms with van der Waals surface area (Å²) in [5, 5.41) is 10.6. The van der Waals surface area contributed by atoms with E-state index in [0.717, 1.165) is 5.01 Å². The van der Waals surface area contributed by atoms with Crippen LogP contribution in [0.4, 0.5) is 0 Å². The van der Waals surface area contributed by atoms with Crippen molar-refractivity contribution in [3.63, 3.8) is 0 Å². The monoisotopic (exact) mass is 420 g/mol. The summed E-state index contributed by atoms with van der Waals surface area (Å²) in [4.78, 5) is 36.9. The molecule has 0 aliphatic heterocycles. The van der Waals surface area contributed by atoms with Gasteiger partial charge in [-0.25, -0.2) is 10.4 Å². The molecule has 6 nitrogen and oxygen atoms in total. The number of carboxylic acids is 1. The standard InChI is InChI=1S/C17H22Cl2N2O4S/c1-10(2)8-14(17(24)25)20-21(15(22)6-7-26-3)16(23)12-9-11(18)4-5-13(12)19/h4-5,9-10,14,20H,6-8H2,1-3H3,(H,24,25)/t14-/m1/s1. The second-order valence-corrected chi connectivity index (χ2v) is 7.88. The Hall–Kier alpha value is -1.28. The van der Waals surface area contributed by atoms with Crippen molar-refractivity contribution in [1.82, 2.24) is 10.4 Å². The minimum atomic E-state index is -1.15. The van der Waals surface area contributed by atoms with Crippen LogP contribution in [-0.4, -0.2) is 45.9 Å². The SMILES string of the molecule is CSCCC(=O)N(N[C@H](CC(C)C)C(=O)O)C(=O)c1cc(Cl)ccc1Cl. The van der Waals surface area contributed by atoms with Crippen molar-refractivity contribution in [1.29, 1.82) is 0 Å². The van der Waals surface area contributed by atoms with Crippen LogP contribution in [0.25, 0.3) is 0 Å². The molecule has 2 N–H and O–H groups in total. The Balaban J connectivity index is 3.18. The van der Waals surface area contributed by atoms with Gasteiger partial charge in [0.1, 0.15) is 6.04 Å². The molecule has 1 aromatic carbocycles. The van der Waals surface area contributed by atoms with E-state index in [9.17, 15) is 19.5 Å². The molecule has 2 amide bonds. The molecule has 0 radical (unpaired) electrons. The third-order valence-corrected chi connectivity index (χ3v) is 4.60. The van der Waals surface area contributed by atoms with Gasteiger partial charge in [-0.15, -0.1) is 0 Å². The number of nitrogens with one attached hydrogen (secondary N) is 1. The Labute approximate surface area is 167 Å². The molecule has 0 heterocycles. The van der Waals surface area contributed by atoms with E-state index in [2.05, 4.69) is 5.43 Å². The van der Waals surface area contributed by atoms with Crippen molar-refractivity contribution < 1.29 is 19.5 Å². The molecule has 144 valence electrons. The van der Waals surface area contributed by atoms with Crippen LogP contribution in [-0.2, 0) is 9.59 Å². The molecule has 0 unspecified atom stereocenters. The largest absolute Gasteiger partial charge is 0.480 e. The van der Waals surface area contributed by atoms with Gasteiger partial charge >= 0.3 is 5.97 Å². The Morgan fingerprint density at radius 2 is 1.92 bits per heavy atom. The van der Waals surface area contributed by atoms with Crippen LogP contribution in [0.2, 0.25) is 10.0 Å². The van der Waals surface area contributed by atoms with Crippen LogP contribution in [0.15, 0.2) is 18.2 Å². The van der Waals surface area contributed by atoms with Gasteiger partial charge in [0.05, 0.1) is 10.6 Å². The van der Waals surface area contributed by atoms with Gasteiger partial charge in [0.25, 0.3) is 5.91 Å². The summed E-state index contributed by atoms with van der Waals surface area (Å²) < 4.78 is 0. The van der Waals surface area contributed by atoms with E-state index in [4.69, 9.17) is 23.2 Å². The number of hydrogen-bond donors (Lipinski definition) is 2. The quantitative estimate of drug-likeness (QED) is 0.591. The molecule has 0 bridgehead atoms. The summed E-state index contributed by atoms with van der Waals surface area (Å²) in [6, 6.07) is 3.23. The molecular weight excluding hydrogens is 399 g/mol. The first-order valence-corrected chi connectivity index (χ1v) is 10.1. The fourth-order valence-corrected chi connectivity index (χ4v) is 2.91. The van der Waals surface area contributed by atoms with Crippen LogP contribution >= 0.6 is 35.0 Å². The minimum Gasteiger partial charge on any atom is -0.480 e. The molecule has 0 spiro atoms. The summed E-state index contributed by atoms with van der Waals surface area (Å²) in [5.74, 6) is -1.87. The second kappa shape index (κ2) is 10.8. The lowest BCUT2D eigenvalue weighted by Gasteiger charge is -2.26. The highest BCUT2D eigenvalue weighted by atomic mass is 35.5. The molecule has 9 heteroatoms. The molecule has 26 heavy (non-hydrogen) atoms. The summed E-state index contributed by atoms with van der Waals surface area (Å²) >= 11 is 13.4. The number of nitrogens with zero attached hydrogens (tertiary/aromatic N) is 1. The van der Waals surface area contributed by atoms with Crippen molar-refractivity contribution in [2.75, 3.05) is 12.0 Å². The molecule has 0 aromatic heterocycles. The number of thioether (sulfide) groups is 1. The van der Waals surface area contributed by atoms with Crippen LogP contribution in [0.5, 0.6) is 0 Å². The van der Waals surface area contributed by atoms with Gasteiger partial charge < -0.3 is 5.11 Å². The molecule has 1 aromatic rings. The van der Waals surface area contributed by atoms with Crippen molar-refractivity contribution in [2.45, 2.75) is 32.7 Å². The zero-order valence-electron chi connectivity index (χ0n) is 14.8. The highest BCUT2D eigenvalue weighted by molar-refractivity contribution is 7.98. The maximum Gasteiger partial charge on any atom is 0.322 e. The molecule has 1 atom stereocenters. The van der Waals surface area contributed by atoms with Gasteiger partial charge in [-0.2, -0.15) is 11.8 Å². The number of carbonyl (C=O) groups is 3. The highest BCUT2D eigenvalue weighted by Crippen LogP contribution is 2.22. The molecule has 1 rings (SSSR count). The maximum atomic E-state index is 12.9. The maximum absolute atomic E-state index is 12.9. The fraction of sp³-hybridized carbons (Fsp3) is 0.471. The predicted octanol–water partition coefficient (Wildman–Crippen LogP) is 3.72. The smallest absolute Gasteiger partial charge is 0.322 e. The third kappa shape index (κ3) is 6.79. The molecule has 0 aliphatic carbocycles. The topological polar surface area (TPSA) is 86.7 Å². The Bertz CT molecular complexity index is 670. The molecule has 0 saturated carbocycles. The van der Waals surface area contributed by atoms with Crippen molar-refractivity contribution in [3.8, 4) is 0 Å². The first-order valence-electron chi connectivity index (χ1n) is 7.97.